The maximum absolute atomic E-state index is 11.9. The van der Waals surface area contributed by atoms with Crippen LogP contribution in [0.1, 0.15) is 47.0 Å². The molecule has 4 nitrogen and oxygen atoms in total. The van der Waals surface area contributed by atoms with E-state index in [0.717, 1.165) is 13.0 Å². The summed E-state index contributed by atoms with van der Waals surface area (Å²) in [5.41, 5.74) is -0.480. The second-order valence-electron chi connectivity index (χ2n) is 5.70. The molecule has 0 saturated carbocycles. The Kier molecular flexibility index (Phi) is 6.21. The van der Waals surface area contributed by atoms with E-state index in [2.05, 4.69) is 13.8 Å². The van der Waals surface area contributed by atoms with Gasteiger partial charge in [-0.1, -0.05) is 34.1 Å². The highest BCUT2D eigenvalue weighted by Gasteiger charge is 2.26. The van der Waals surface area contributed by atoms with Crippen LogP contribution < -0.4 is 0 Å². The number of hydrogen-bond acceptors (Lipinski definition) is 2. The van der Waals surface area contributed by atoms with Crippen LogP contribution in [0.2, 0.25) is 0 Å². The quantitative estimate of drug-likeness (QED) is 0.747. The minimum absolute atomic E-state index is 0.0237. The van der Waals surface area contributed by atoms with E-state index in [1.807, 2.05) is 13.8 Å². The van der Waals surface area contributed by atoms with E-state index < -0.39 is 11.4 Å². The van der Waals surface area contributed by atoms with Crippen LogP contribution in [0.5, 0.6) is 0 Å². The topological polar surface area (TPSA) is 57.6 Å². The van der Waals surface area contributed by atoms with Crippen molar-refractivity contribution >= 4 is 11.9 Å². The van der Waals surface area contributed by atoms with Gasteiger partial charge >= 0.3 is 5.97 Å². The third-order valence-corrected chi connectivity index (χ3v) is 2.97. The van der Waals surface area contributed by atoms with Crippen molar-refractivity contribution in [1.29, 1.82) is 0 Å². The molecule has 0 fully saturated rings. The van der Waals surface area contributed by atoms with E-state index in [0.29, 0.717) is 5.92 Å². The Balaban J connectivity index is 4.28. The zero-order chi connectivity index (χ0) is 13.6. The fraction of sp³-hybridized carbons (Fsp3) is 0.846. The molecule has 0 rings (SSSR count). The maximum atomic E-state index is 11.9. The van der Waals surface area contributed by atoms with Crippen LogP contribution in [0, 0.1) is 11.3 Å². The molecule has 1 N–H and O–H groups in total. The minimum Gasteiger partial charge on any atom is -0.481 e. The average Bonchev–Trinajstić information content (AvgIpc) is 2.14. The summed E-state index contributed by atoms with van der Waals surface area (Å²) in [6.07, 6.45) is 1.35. The number of carbonyl (C=O) groups is 2. The molecule has 0 heterocycles. The first-order valence-corrected chi connectivity index (χ1v) is 6.13. The number of aliphatic carboxylic acids is 1. The molecular formula is C13H25NO3. The van der Waals surface area contributed by atoms with E-state index in [1.165, 1.54) is 0 Å². The largest absolute Gasteiger partial charge is 0.481 e. The first-order valence-electron chi connectivity index (χ1n) is 6.13. The van der Waals surface area contributed by atoms with Gasteiger partial charge in [0.1, 0.15) is 0 Å². The molecule has 0 saturated heterocycles. The molecule has 4 heteroatoms. The van der Waals surface area contributed by atoms with Gasteiger partial charge in [0.2, 0.25) is 5.91 Å². The van der Waals surface area contributed by atoms with Gasteiger partial charge in [0.05, 0.1) is 6.42 Å². The van der Waals surface area contributed by atoms with Gasteiger partial charge in [-0.25, -0.2) is 0 Å². The molecule has 0 aliphatic carbocycles. The van der Waals surface area contributed by atoms with Crippen LogP contribution in [-0.4, -0.2) is 35.5 Å². The predicted octanol–water partition coefficient (Wildman–Crippen LogP) is 2.38. The Morgan fingerprint density at radius 2 is 1.82 bits per heavy atom. The van der Waals surface area contributed by atoms with E-state index in [4.69, 9.17) is 5.11 Å². The van der Waals surface area contributed by atoms with Crippen molar-refractivity contribution in [2.24, 2.45) is 11.3 Å². The lowest BCUT2D eigenvalue weighted by molar-refractivity contribution is -0.140. The first kappa shape index (κ1) is 15.9. The van der Waals surface area contributed by atoms with Crippen molar-refractivity contribution < 1.29 is 14.7 Å². The van der Waals surface area contributed by atoms with Gasteiger partial charge in [0, 0.05) is 20.0 Å². The van der Waals surface area contributed by atoms with Gasteiger partial charge in [-0.3, -0.25) is 9.59 Å². The van der Waals surface area contributed by atoms with Crippen molar-refractivity contribution in [2.75, 3.05) is 13.6 Å². The minimum atomic E-state index is -0.854. The molecule has 0 radical (unpaired) electrons. The smallest absolute Gasteiger partial charge is 0.303 e. The lowest BCUT2D eigenvalue weighted by atomic mass is 9.85. The van der Waals surface area contributed by atoms with Crippen LogP contribution in [0.4, 0.5) is 0 Å². The first-order chi connectivity index (χ1) is 7.68. The molecule has 1 unspecified atom stereocenters. The van der Waals surface area contributed by atoms with E-state index in [9.17, 15) is 9.59 Å². The molecule has 0 aromatic carbocycles. The molecule has 0 bridgehead atoms. The summed E-state index contributed by atoms with van der Waals surface area (Å²) < 4.78 is 0. The zero-order valence-corrected chi connectivity index (χ0v) is 11.6. The maximum Gasteiger partial charge on any atom is 0.303 e. The number of amides is 1. The normalized spacial score (nSPS) is 13.2. The molecule has 1 amide bonds. The summed E-state index contributed by atoms with van der Waals surface area (Å²) in [6, 6.07) is 0. The standard InChI is InChI=1S/C13H25NO3/c1-6-10(2)9-14(5)11(15)7-13(3,4)8-12(16)17/h10H,6-9H2,1-5H3,(H,16,17). The van der Waals surface area contributed by atoms with Gasteiger partial charge in [-0.2, -0.15) is 0 Å². The molecule has 17 heavy (non-hydrogen) atoms. The Morgan fingerprint density at radius 1 is 1.29 bits per heavy atom. The highest BCUT2D eigenvalue weighted by Crippen LogP contribution is 2.25. The molecule has 0 aliphatic rings. The summed E-state index contributed by atoms with van der Waals surface area (Å²) in [5.74, 6) is -0.351. The Labute approximate surface area is 104 Å². The molecule has 0 spiro atoms. The fourth-order valence-corrected chi connectivity index (χ4v) is 1.71. The SMILES string of the molecule is CCC(C)CN(C)C(=O)CC(C)(C)CC(=O)O. The zero-order valence-electron chi connectivity index (χ0n) is 11.6. The number of carboxylic acid groups (broad SMARTS) is 1. The van der Waals surface area contributed by atoms with Crippen LogP contribution in [0.25, 0.3) is 0 Å². The third kappa shape index (κ3) is 6.97. The average molecular weight is 243 g/mol. The van der Waals surface area contributed by atoms with Crippen LogP contribution in [0.3, 0.4) is 0 Å². The summed E-state index contributed by atoms with van der Waals surface area (Å²) in [4.78, 5) is 24.3. The van der Waals surface area contributed by atoms with Crippen LogP contribution >= 0.6 is 0 Å². The molecule has 0 aliphatic heterocycles. The summed E-state index contributed by atoms with van der Waals surface area (Å²) in [6.45, 7) is 8.56. The van der Waals surface area contributed by atoms with Gasteiger partial charge in [-0.15, -0.1) is 0 Å². The highest BCUT2D eigenvalue weighted by atomic mass is 16.4. The monoisotopic (exact) mass is 243 g/mol. The number of rotatable bonds is 7. The van der Waals surface area contributed by atoms with E-state index in [1.54, 1.807) is 11.9 Å². The number of nitrogens with zero attached hydrogens (tertiary/aromatic N) is 1. The summed E-state index contributed by atoms with van der Waals surface area (Å²) >= 11 is 0. The Bertz CT molecular complexity index is 274. The lowest BCUT2D eigenvalue weighted by Gasteiger charge is -2.27. The van der Waals surface area contributed by atoms with Crippen molar-refractivity contribution in [3.63, 3.8) is 0 Å². The van der Waals surface area contributed by atoms with Gasteiger partial charge < -0.3 is 10.0 Å². The summed E-state index contributed by atoms with van der Waals surface area (Å²) in [7, 11) is 1.78. The van der Waals surface area contributed by atoms with E-state index in [-0.39, 0.29) is 18.7 Å². The van der Waals surface area contributed by atoms with Gasteiger partial charge in [0.25, 0.3) is 0 Å². The lowest BCUT2D eigenvalue weighted by Crippen LogP contribution is -2.34. The molecule has 0 aromatic rings. The van der Waals surface area contributed by atoms with Gasteiger partial charge in [0.15, 0.2) is 0 Å². The van der Waals surface area contributed by atoms with E-state index >= 15 is 0 Å². The third-order valence-electron chi connectivity index (χ3n) is 2.97. The Morgan fingerprint density at radius 3 is 2.24 bits per heavy atom. The van der Waals surface area contributed by atoms with Crippen molar-refractivity contribution in [3.05, 3.63) is 0 Å². The van der Waals surface area contributed by atoms with Crippen molar-refractivity contribution in [1.82, 2.24) is 4.90 Å². The second kappa shape index (κ2) is 6.62. The number of carboxylic acids is 1. The van der Waals surface area contributed by atoms with Gasteiger partial charge in [-0.05, 0) is 11.3 Å². The van der Waals surface area contributed by atoms with Crippen molar-refractivity contribution in [3.8, 4) is 0 Å². The number of hydrogen-bond donors (Lipinski definition) is 1. The Hall–Kier alpha value is -1.06. The molecule has 100 valence electrons. The van der Waals surface area contributed by atoms with Crippen LogP contribution in [0.15, 0.2) is 0 Å². The van der Waals surface area contributed by atoms with Crippen molar-refractivity contribution in [2.45, 2.75) is 47.0 Å². The predicted molar refractivity (Wildman–Crippen MR) is 67.7 cm³/mol. The molecule has 0 aromatic heterocycles. The number of carbonyl (C=O) groups excluding carboxylic acids is 1. The summed E-state index contributed by atoms with van der Waals surface area (Å²) in [5, 5.41) is 8.76. The highest BCUT2D eigenvalue weighted by molar-refractivity contribution is 5.77. The molecular weight excluding hydrogens is 218 g/mol. The fourth-order valence-electron chi connectivity index (χ4n) is 1.71. The van der Waals surface area contributed by atoms with Crippen LogP contribution in [-0.2, 0) is 9.59 Å². The second-order valence-corrected chi connectivity index (χ2v) is 5.70. The molecule has 1 atom stereocenters.